The van der Waals surface area contributed by atoms with E-state index in [0.717, 1.165) is 5.56 Å². The van der Waals surface area contributed by atoms with Crippen LogP contribution in [0.15, 0.2) is 60.2 Å². The predicted molar refractivity (Wildman–Crippen MR) is 86.3 cm³/mol. The van der Waals surface area contributed by atoms with E-state index in [9.17, 15) is 14.9 Å². The Hall–Kier alpha value is -3.21. The molecule has 0 aliphatic carbocycles. The normalized spacial score (nSPS) is 15.4. The van der Waals surface area contributed by atoms with Crippen molar-refractivity contribution in [2.24, 2.45) is 0 Å². The number of nitro benzene ring substituents is 1. The minimum Gasteiger partial charge on any atom is -0.422 e. The Balaban J connectivity index is 1.97. The van der Waals surface area contributed by atoms with Gasteiger partial charge in [-0.25, -0.2) is 4.79 Å². The van der Waals surface area contributed by atoms with Gasteiger partial charge in [0.15, 0.2) is 0 Å². The third-order valence-electron chi connectivity index (χ3n) is 3.54. The van der Waals surface area contributed by atoms with E-state index in [-0.39, 0.29) is 5.69 Å². The first-order valence-electron chi connectivity index (χ1n) is 7.00. The Morgan fingerprint density at radius 3 is 2.57 bits per heavy atom. The number of carbonyl (C=O) groups is 1. The van der Waals surface area contributed by atoms with Gasteiger partial charge in [-0.3, -0.25) is 10.1 Å². The predicted octanol–water partition coefficient (Wildman–Crippen LogP) is 3.88. The molecule has 0 aromatic heterocycles. The van der Waals surface area contributed by atoms with E-state index >= 15 is 0 Å². The number of hydrogen-bond donors (Lipinski definition) is 0. The molecule has 1 aliphatic rings. The highest BCUT2D eigenvalue weighted by Gasteiger charge is 2.23. The minimum atomic E-state index is -0.466. The molecule has 0 atom stereocenters. The molecule has 2 aromatic carbocycles. The summed E-state index contributed by atoms with van der Waals surface area (Å²) < 4.78 is 5.24. The number of cyclic esters (lactones) is 1. The fourth-order valence-corrected chi connectivity index (χ4v) is 2.32. The number of hydrogen-bond acceptors (Lipinski definition) is 4. The molecular weight excluding hydrogens is 294 g/mol. The second kappa shape index (κ2) is 5.88. The highest BCUT2D eigenvalue weighted by molar-refractivity contribution is 6.05. The molecule has 0 radical (unpaired) electrons. The Kier molecular flexibility index (Phi) is 3.76. The minimum absolute atomic E-state index is 0.0000575. The highest BCUT2D eigenvalue weighted by Crippen LogP contribution is 2.30. The van der Waals surface area contributed by atoms with Gasteiger partial charge in [-0.15, -0.1) is 0 Å². The van der Waals surface area contributed by atoms with Gasteiger partial charge in [0.25, 0.3) is 5.69 Å². The van der Waals surface area contributed by atoms with Gasteiger partial charge in [-0.1, -0.05) is 42.5 Å². The van der Waals surface area contributed by atoms with Gasteiger partial charge in [0.05, 0.1) is 10.5 Å². The zero-order chi connectivity index (χ0) is 16.4. The van der Waals surface area contributed by atoms with Gasteiger partial charge in [-0.2, -0.15) is 0 Å². The largest absolute Gasteiger partial charge is 0.422 e. The van der Waals surface area contributed by atoms with Crippen molar-refractivity contribution in [3.05, 3.63) is 87.0 Å². The first kappa shape index (κ1) is 14.7. The first-order chi connectivity index (χ1) is 11.0. The van der Waals surface area contributed by atoms with Gasteiger partial charge in [0.2, 0.25) is 0 Å². The topological polar surface area (TPSA) is 69.4 Å². The molecule has 0 amide bonds. The van der Waals surface area contributed by atoms with E-state index in [2.05, 4.69) is 0 Å². The number of aryl methyl sites for hydroxylation is 1. The molecule has 23 heavy (non-hydrogen) atoms. The summed E-state index contributed by atoms with van der Waals surface area (Å²) >= 11 is 0. The van der Waals surface area contributed by atoms with Crippen molar-refractivity contribution in [2.45, 2.75) is 6.92 Å². The maximum absolute atomic E-state index is 12.0. The second-order valence-electron chi connectivity index (χ2n) is 5.17. The van der Waals surface area contributed by atoms with Crippen molar-refractivity contribution in [1.29, 1.82) is 0 Å². The molecule has 5 heteroatoms. The molecule has 2 aromatic rings. The number of esters is 1. The van der Waals surface area contributed by atoms with Crippen LogP contribution in [0.2, 0.25) is 0 Å². The zero-order valence-electron chi connectivity index (χ0n) is 12.4. The van der Waals surface area contributed by atoms with Crippen LogP contribution in [0.1, 0.15) is 16.7 Å². The van der Waals surface area contributed by atoms with E-state index < -0.39 is 10.9 Å². The zero-order valence-corrected chi connectivity index (χ0v) is 12.4. The molecule has 3 rings (SSSR count). The highest BCUT2D eigenvalue weighted by atomic mass is 16.6. The van der Waals surface area contributed by atoms with Crippen LogP contribution in [-0.4, -0.2) is 10.9 Å². The lowest BCUT2D eigenvalue weighted by molar-refractivity contribution is -0.385. The van der Waals surface area contributed by atoms with Gasteiger partial charge in [0.1, 0.15) is 5.76 Å². The molecule has 0 saturated heterocycles. The fourth-order valence-electron chi connectivity index (χ4n) is 2.32. The molecule has 0 N–H and O–H groups in total. The Morgan fingerprint density at radius 2 is 1.87 bits per heavy atom. The van der Waals surface area contributed by atoms with Crippen LogP contribution in [0.4, 0.5) is 5.69 Å². The van der Waals surface area contributed by atoms with Crippen LogP contribution < -0.4 is 0 Å². The lowest BCUT2D eigenvalue weighted by Gasteiger charge is -2.03. The van der Waals surface area contributed by atoms with Crippen LogP contribution in [0.25, 0.3) is 11.8 Å². The number of nitro groups is 1. The molecule has 0 spiro atoms. The Labute approximate surface area is 132 Å². The van der Waals surface area contributed by atoms with Crippen LogP contribution in [0.3, 0.4) is 0 Å². The summed E-state index contributed by atoms with van der Waals surface area (Å²) in [5, 5.41) is 11.0. The molecule has 0 bridgehead atoms. The van der Waals surface area contributed by atoms with Crippen LogP contribution in [-0.2, 0) is 9.53 Å². The smallest absolute Gasteiger partial charge is 0.343 e. The van der Waals surface area contributed by atoms with Crippen LogP contribution in [0.5, 0.6) is 0 Å². The van der Waals surface area contributed by atoms with Crippen molar-refractivity contribution in [2.75, 3.05) is 0 Å². The summed E-state index contributed by atoms with van der Waals surface area (Å²) in [7, 11) is 0. The Morgan fingerprint density at radius 1 is 1.13 bits per heavy atom. The van der Waals surface area contributed by atoms with E-state index in [1.54, 1.807) is 31.2 Å². The summed E-state index contributed by atoms with van der Waals surface area (Å²) in [6.45, 7) is 1.66. The van der Waals surface area contributed by atoms with Gasteiger partial charge in [0, 0.05) is 17.2 Å². The number of carbonyl (C=O) groups excluding carboxylic acids is 1. The molecule has 114 valence electrons. The summed E-state index contributed by atoms with van der Waals surface area (Å²) in [6, 6.07) is 14.2. The Bertz CT molecular complexity index is 851. The number of nitrogens with zero attached hydrogens (tertiary/aromatic N) is 1. The SMILES string of the molecule is Cc1ccc(C2=C/C(=C/c3ccccc3)C(=O)O2)cc1[N+](=O)[O-]. The van der Waals surface area contributed by atoms with Crippen LogP contribution in [0, 0.1) is 17.0 Å². The number of rotatable bonds is 3. The average Bonchev–Trinajstić information content (AvgIpc) is 2.89. The van der Waals surface area contributed by atoms with E-state index in [4.69, 9.17) is 4.74 Å². The summed E-state index contributed by atoms with van der Waals surface area (Å²) in [6.07, 6.45) is 3.32. The van der Waals surface area contributed by atoms with E-state index in [1.165, 1.54) is 6.07 Å². The van der Waals surface area contributed by atoms with Gasteiger partial charge < -0.3 is 4.74 Å². The molecule has 1 aliphatic heterocycles. The first-order valence-corrected chi connectivity index (χ1v) is 7.00. The molecule has 0 fully saturated rings. The standard InChI is InChI=1S/C18H13NO4/c1-12-7-8-14(10-16(12)19(21)22)17-11-15(18(20)23-17)9-13-5-3-2-4-6-13/h2-11H,1H3/b15-9-. The maximum atomic E-state index is 12.0. The lowest BCUT2D eigenvalue weighted by atomic mass is 10.1. The van der Waals surface area contributed by atoms with E-state index in [0.29, 0.717) is 22.5 Å². The summed E-state index contributed by atoms with van der Waals surface area (Å²) in [5.74, 6) is -0.146. The average molecular weight is 307 g/mol. The van der Waals surface area contributed by atoms with Crippen molar-refractivity contribution >= 4 is 23.5 Å². The van der Waals surface area contributed by atoms with Crippen LogP contribution >= 0.6 is 0 Å². The van der Waals surface area contributed by atoms with Gasteiger partial charge in [-0.05, 0) is 24.6 Å². The molecular formula is C18H13NO4. The lowest BCUT2D eigenvalue weighted by Crippen LogP contribution is -1.98. The van der Waals surface area contributed by atoms with E-state index in [1.807, 2.05) is 30.3 Å². The summed E-state index contributed by atoms with van der Waals surface area (Å²) in [5.41, 5.74) is 2.36. The quantitative estimate of drug-likeness (QED) is 0.373. The van der Waals surface area contributed by atoms with Crippen molar-refractivity contribution in [1.82, 2.24) is 0 Å². The maximum Gasteiger partial charge on any atom is 0.343 e. The van der Waals surface area contributed by atoms with Crippen molar-refractivity contribution < 1.29 is 14.5 Å². The second-order valence-corrected chi connectivity index (χ2v) is 5.17. The third kappa shape index (κ3) is 3.03. The third-order valence-corrected chi connectivity index (χ3v) is 3.54. The number of benzene rings is 2. The monoisotopic (exact) mass is 307 g/mol. The van der Waals surface area contributed by atoms with Gasteiger partial charge >= 0.3 is 5.97 Å². The molecule has 5 nitrogen and oxygen atoms in total. The molecule has 1 heterocycles. The fraction of sp³-hybridized carbons (Fsp3) is 0.0556. The summed E-state index contributed by atoms with van der Waals surface area (Å²) in [4.78, 5) is 22.5. The number of ether oxygens (including phenoxy) is 1. The van der Waals surface area contributed by atoms with Crippen molar-refractivity contribution in [3.63, 3.8) is 0 Å². The molecule has 0 unspecified atom stereocenters. The molecule has 0 saturated carbocycles. The van der Waals surface area contributed by atoms with Crippen molar-refractivity contribution in [3.8, 4) is 0 Å².